The van der Waals surface area contributed by atoms with Crippen LogP contribution >= 0.6 is 0 Å². The van der Waals surface area contributed by atoms with Crippen LogP contribution in [0.3, 0.4) is 0 Å². The minimum atomic E-state index is -0.175. The molecule has 0 aliphatic carbocycles. The van der Waals surface area contributed by atoms with Crippen molar-refractivity contribution < 1.29 is 0 Å². The van der Waals surface area contributed by atoms with Gasteiger partial charge in [-0.1, -0.05) is 0 Å². The predicted octanol–water partition coefficient (Wildman–Crippen LogP) is 0.0589. The summed E-state index contributed by atoms with van der Waals surface area (Å²) in [6, 6.07) is 1.53. The van der Waals surface area contributed by atoms with E-state index in [1.165, 1.54) is 6.07 Å². The molecule has 58 valence electrons. The number of aryl methyl sites for hydroxylation is 1. The third kappa shape index (κ3) is 1.11. The lowest BCUT2D eigenvalue weighted by molar-refractivity contribution is 0.612. The summed E-state index contributed by atoms with van der Waals surface area (Å²) in [7, 11) is 0. The number of aromatic nitrogens is 2. The molecule has 1 aromatic heterocycles. The molecule has 4 nitrogen and oxygen atoms in total. The van der Waals surface area contributed by atoms with E-state index in [0.29, 0.717) is 0 Å². The maximum absolute atomic E-state index is 10.8. The molecule has 11 heavy (non-hydrogen) atoms. The minimum absolute atomic E-state index is 0.175. The molecule has 4 heteroatoms. The van der Waals surface area contributed by atoms with Crippen molar-refractivity contribution >= 4 is 5.82 Å². The van der Waals surface area contributed by atoms with E-state index in [-0.39, 0.29) is 5.56 Å². The summed E-state index contributed by atoms with van der Waals surface area (Å²) < 4.78 is 1.95. The number of fused-ring (bicyclic) bond motifs is 1. The van der Waals surface area contributed by atoms with E-state index < -0.39 is 0 Å². The highest BCUT2D eigenvalue weighted by molar-refractivity contribution is 5.34. The first-order valence-electron chi connectivity index (χ1n) is 3.66. The topological polar surface area (TPSA) is 46.9 Å². The van der Waals surface area contributed by atoms with Gasteiger partial charge in [-0.05, 0) is 6.42 Å². The van der Waals surface area contributed by atoms with Gasteiger partial charge < -0.3 is 9.88 Å². The molecule has 0 saturated carbocycles. The Morgan fingerprint density at radius 1 is 1.64 bits per heavy atom. The highest BCUT2D eigenvalue weighted by atomic mass is 16.1. The van der Waals surface area contributed by atoms with Gasteiger partial charge >= 0.3 is 0 Å². The largest absolute Gasteiger partial charge is 0.371 e. The summed E-state index contributed by atoms with van der Waals surface area (Å²) in [6.45, 7) is 1.90. The third-order valence-corrected chi connectivity index (χ3v) is 1.78. The van der Waals surface area contributed by atoms with Gasteiger partial charge in [0.05, 0.1) is 0 Å². The van der Waals surface area contributed by atoms with E-state index in [4.69, 9.17) is 0 Å². The number of anilines is 1. The Morgan fingerprint density at radius 2 is 2.55 bits per heavy atom. The fourth-order valence-corrected chi connectivity index (χ4v) is 1.22. The molecule has 0 bridgehead atoms. The van der Waals surface area contributed by atoms with Crippen molar-refractivity contribution in [2.24, 2.45) is 0 Å². The normalized spacial score (nSPS) is 15.3. The first-order chi connectivity index (χ1) is 5.36. The maximum Gasteiger partial charge on any atom is 0.274 e. The Balaban J connectivity index is 2.51. The monoisotopic (exact) mass is 151 g/mol. The molecule has 1 aliphatic heterocycles. The predicted molar refractivity (Wildman–Crippen MR) is 41.6 cm³/mol. The molecule has 0 radical (unpaired) electrons. The van der Waals surface area contributed by atoms with Crippen molar-refractivity contribution in [1.82, 2.24) is 9.55 Å². The van der Waals surface area contributed by atoms with E-state index >= 15 is 0 Å². The number of nitrogens with zero attached hydrogens (tertiary/aromatic N) is 2. The van der Waals surface area contributed by atoms with Crippen molar-refractivity contribution in [3.63, 3.8) is 0 Å². The van der Waals surface area contributed by atoms with Crippen molar-refractivity contribution in [3.05, 3.63) is 22.7 Å². The van der Waals surface area contributed by atoms with E-state index in [9.17, 15) is 4.79 Å². The zero-order valence-corrected chi connectivity index (χ0v) is 6.08. The molecule has 1 aromatic rings. The second kappa shape index (κ2) is 2.38. The van der Waals surface area contributed by atoms with Gasteiger partial charge in [-0.15, -0.1) is 0 Å². The van der Waals surface area contributed by atoms with Crippen molar-refractivity contribution in [2.75, 3.05) is 11.9 Å². The summed E-state index contributed by atoms with van der Waals surface area (Å²) in [6.07, 6.45) is 2.68. The smallest absolute Gasteiger partial charge is 0.274 e. The molecular weight excluding hydrogens is 142 g/mol. The molecule has 2 rings (SSSR count). The third-order valence-electron chi connectivity index (χ3n) is 1.78. The quantitative estimate of drug-likeness (QED) is 0.570. The Labute approximate surface area is 63.9 Å². The van der Waals surface area contributed by atoms with Gasteiger partial charge in [-0.2, -0.15) is 4.98 Å². The molecule has 2 heterocycles. The highest BCUT2D eigenvalue weighted by Gasteiger charge is 2.05. The molecular formula is C7H9N3O. The van der Waals surface area contributed by atoms with Gasteiger partial charge in [0.2, 0.25) is 0 Å². The Hall–Kier alpha value is -1.32. The van der Waals surface area contributed by atoms with Gasteiger partial charge in [-0.25, -0.2) is 0 Å². The molecule has 0 amide bonds. The molecule has 0 aromatic carbocycles. The highest BCUT2D eigenvalue weighted by Crippen LogP contribution is 2.08. The van der Waals surface area contributed by atoms with Gasteiger partial charge in [0.15, 0.2) is 0 Å². The SMILES string of the molecule is O=c1cc2n(cn1)CCCN2. The van der Waals surface area contributed by atoms with Crippen LogP contribution in [0.4, 0.5) is 5.82 Å². The van der Waals surface area contributed by atoms with Gasteiger partial charge in [0.1, 0.15) is 12.1 Å². The number of nitrogens with one attached hydrogen (secondary N) is 1. The first kappa shape index (κ1) is 6.39. The summed E-state index contributed by atoms with van der Waals surface area (Å²) >= 11 is 0. The van der Waals surface area contributed by atoms with Gasteiger partial charge in [-0.3, -0.25) is 4.79 Å². The summed E-state index contributed by atoms with van der Waals surface area (Å²) in [5.41, 5.74) is -0.175. The zero-order chi connectivity index (χ0) is 7.68. The average Bonchev–Trinajstić information content (AvgIpc) is 2.04. The molecule has 0 spiro atoms. The summed E-state index contributed by atoms with van der Waals surface area (Å²) in [5.74, 6) is 0.885. The Bertz CT molecular complexity index is 318. The summed E-state index contributed by atoms with van der Waals surface area (Å²) in [4.78, 5) is 14.4. The molecule has 0 saturated heterocycles. The van der Waals surface area contributed by atoms with Crippen LogP contribution in [0.2, 0.25) is 0 Å². The Kier molecular flexibility index (Phi) is 1.38. The van der Waals surface area contributed by atoms with Crippen LogP contribution in [-0.2, 0) is 6.54 Å². The van der Waals surface area contributed by atoms with Crippen LogP contribution in [0.15, 0.2) is 17.2 Å². The molecule has 0 fully saturated rings. The molecule has 1 aliphatic rings. The van der Waals surface area contributed by atoms with E-state index in [2.05, 4.69) is 10.3 Å². The zero-order valence-electron chi connectivity index (χ0n) is 6.08. The standard InChI is InChI=1S/C7H9N3O/c11-7-4-6-8-2-1-3-10(6)5-9-7/h4-5,8H,1-3H2. The van der Waals surface area contributed by atoms with Crippen LogP contribution in [0.25, 0.3) is 0 Å². The maximum atomic E-state index is 10.8. The minimum Gasteiger partial charge on any atom is -0.371 e. The van der Waals surface area contributed by atoms with E-state index in [1.807, 2.05) is 4.57 Å². The first-order valence-corrected chi connectivity index (χ1v) is 3.66. The van der Waals surface area contributed by atoms with Crippen LogP contribution < -0.4 is 10.9 Å². The van der Waals surface area contributed by atoms with Crippen LogP contribution in [-0.4, -0.2) is 16.1 Å². The second-order valence-corrected chi connectivity index (χ2v) is 2.59. The van der Waals surface area contributed by atoms with Crippen molar-refractivity contribution in [2.45, 2.75) is 13.0 Å². The fraction of sp³-hybridized carbons (Fsp3) is 0.429. The van der Waals surface area contributed by atoms with Crippen molar-refractivity contribution in [3.8, 4) is 0 Å². The fourth-order valence-electron chi connectivity index (χ4n) is 1.22. The van der Waals surface area contributed by atoms with Gasteiger partial charge in [0, 0.05) is 19.2 Å². The summed E-state index contributed by atoms with van der Waals surface area (Å²) in [5, 5.41) is 3.13. The number of hydrogen-bond donors (Lipinski definition) is 1. The lowest BCUT2D eigenvalue weighted by Crippen LogP contribution is -2.22. The second-order valence-electron chi connectivity index (χ2n) is 2.59. The van der Waals surface area contributed by atoms with Crippen LogP contribution in [0.1, 0.15) is 6.42 Å². The lowest BCUT2D eigenvalue weighted by atomic mass is 10.3. The molecule has 1 N–H and O–H groups in total. The molecule has 0 unspecified atom stereocenters. The van der Waals surface area contributed by atoms with Gasteiger partial charge in [0.25, 0.3) is 5.56 Å². The number of hydrogen-bond acceptors (Lipinski definition) is 3. The number of rotatable bonds is 0. The lowest BCUT2D eigenvalue weighted by Gasteiger charge is -2.18. The van der Waals surface area contributed by atoms with E-state index in [1.54, 1.807) is 6.33 Å². The van der Waals surface area contributed by atoms with Crippen LogP contribution in [0, 0.1) is 0 Å². The van der Waals surface area contributed by atoms with E-state index in [0.717, 1.165) is 25.3 Å². The molecule has 0 atom stereocenters. The average molecular weight is 151 g/mol. The van der Waals surface area contributed by atoms with Crippen molar-refractivity contribution in [1.29, 1.82) is 0 Å². The Morgan fingerprint density at radius 3 is 3.45 bits per heavy atom. The van der Waals surface area contributed by atoms with Crippen LogP contribution in [0.5, 0.6) is 0 Å².